The lowest BCUT2D eigenvalue weighted by molar-refractivity contribution is -0.661. The second-order valence-electron chi connectivity index (χ2n) is 5.96. The number of rotatable bonds is 3. The van der Waals surface area contributed by atoms with Gasteiger partial charge in [0.25, 0.3) is 0 Å². The number of fused-ring (bicyclic) bond motifs is 1. The molecule has 1 heterocycles. The van der Waals surface area contributed by atoms with Crippen molar-refractivity contribution in [3.05, 3.63) is 54.7 Å². The number of benzene rings is 1. The maximum absolute atomic E-state index is 2.29. The first-order valence-corrected chi connectivity index (χ1v) is 6.58. The second kappa shape index (κ2) is 5.34. The summed E-state index contributed by atoms with van der Waals surface area (Å²) in [6.07, 6.45) is 7.81. The average Bonchev–Trinajstić information content (AvgIpc) is 2.33. The zero-order chi connectivity index (χ0) is 13.0. The zero-order valence-electron chi connectivity index (χ0n) is 11.6. The van der Waals surface area contributed by atoms with Gasteiger partial charge in [0.2, 0.25) is 5.52 Å². The van der Waals surface area contributed by atoms with Crippen molar-refractivity contribution in [2.45, 2.75) is 33.7 Å². The highest BCUT2D eigenvalue weighted by molar-refractivity contribution is 5.74. The highest BCUT2D eigenvalue weighted by Crippen LogP contribution is 2.18. The van der Waals surface area contributed by atoms with Crippen molar-refractivity contribution in [3.8, 4) is 0 Å². The largest absolute Gasteiger partial charge is 0.212 e. The Bertz CT molecular complexity index is 542. The molecule has 0 N–H and O–H groups in total. The molecule has 0 aliphatic heterocycles. The van der Waals surface area contributed by atoms with Crippen molar-refractivity contribution in [1.29, 1.82) is 0 Å². The third-order valence-electron chi connectivity index (χ3n) is 2.99. The number of allylic oxidation sites excluding steroid dienone is 2. The average molecular weight is 240 g/mol. The Morgan fingerprint density at radius 1 is 1.00 bits per heavy atom. The van der Waals surface area contributed by atoms with Crippen molar-refractivity contribution in [2.24, 2.45) is 5.41 Å². The summed E-state index contributed by atoms with van der Waals surface area (Å²) in [6, 6.07) is 12.8. The molecule has 0 bridgehead atoms. The summed E-state index contributed by atoms with van der Waals surface area (Å²) in [5.41, 5.74) is 1.67. The minimum atomic E-state index is 0.375. The van der Waals surface area contributed by atoms with Gasteiger partial charge < -0.3 is 0 Å². The maximum Gasteiger partial charge on any atom is 0.212 e. The van der Waals surface area contributed by atoms with Gasteiger partial charge in [0.05, 0.1) is 0 Å². The van der Waals surface area contributed by atoms with Crippen LogP contribution in [0.4, 0.5) is 0 Å². The molecule has 0 amide bonds. The fourth-order valence-corrected chi connectivity index (χ4v) is 2.01. The number of hydrogen-bond acceptors (Lipinski definition) is 0. The minimum absolute atomic E-state index is 0.375. The minimum Gasteiger partial charge on any atom is -0.195 e. The van der Waals surface area contributed by atoms with Crippen LogP contribution < -0.4 is 4.57 Å². The summed E-state index contributed by atoms with van der Waals surface area (Å²) < 4.78 is 2.29. The molecule has 0 saturated heterocycles. The van der Waals surface area contributed by atoms with E-state index in [-0.39, 0.29) is 0 Å². The van der Waals surface area contributed by atoms with Gasteiger partial charge in [-0.15, -0.1) is 0 Å². The van der Waals surface area contributed by atoms with E-state index in [2.05, 4.69) is 80.1 Å². The van der Waals surface area contributed by atoms with Crippen molar-refractivity contribution in [2.75, 3.05) is 0 Å². The molecule has 1 nitrogen and oxygen atoms in total. The van der Waals surface area contributed by atoms with Crippen molar-refractivity contribution in [1.82, 2.24) is 0 Å². The van der Waals surface area contributed by atoms with E-state index in [1.165, 1.54) is 10.9 Å². The predicted octanol–water partition coefficient (Wildman–Crippen LogP) is 4.12. The highest BCUT2D eigenvalue weighted by atomic mass is 14.9. The van der Waals surface area contributed by atoms with Crippen LogP contribution in [0, 0.1) is 5.41 Å². The van der Waals surface area contributed by atoms with Gasteiger partial charge >= 0.3 is 0 Å². The molecule has 0 fully saturated rings. The Kier molecular flexibility index (Phi) is 3.81. The third-order valence-corrected chi connectivity index (χ3v) is 2.99. The SMILES string of the molecule is CC(C)(C)C/C=C/C[n+]1cccc2ccccc21. The lowest BCUT2D eigenvalue weighted by Crippen LogP contribution is -2.32. The first-order valence-electron chi connectivity index (χ1n) is 6.58. The molecular weight excluding hydrogens is 218 g/mol. The van der Waals surface area contributed by atoms with E-state index in [1.807, 2.05) is 0 Å². The van der Waals surface area contributed by atoms with E-state index in [1.54, 1.807) is 0 Å². The summed E-state index contributed by atoms with van der Waals surface area (Å²) in [5.74, 6) is 0. The van der Waals surface area contributed by atoms with Crippen LogP contribution >= 0.6 is 0 Å². The van der Waals surface area contributed by atoms with Crippen LogP contribution in [0.2, 0.25) is 0 Å². The van der Waals surface area contributed by atoms with Gasteiger partial charge in [0.15, 0.2) is 12.7 Å². The first-order chi connectivity index (χ1) is 8.56. The van der Waals surface area contributed by atoms with Crippen LogP contribution in [-0.2, 0) is 6.54 Å². The standard InChI is InChI=1S/C17H22N/c1-17(2,3)12-6-7-13-18-14-8-10-15-9-4-5-11-16(15)18/h4-11,14H,12-13H2,1-3H3/q+1/b7-6+. The monoisotopic (exact) mass is 240 g/mol. The number of para-hydroxylation sites is 1. The van der Waals surface area contributed by atoms with E-state index in [4.69, 9.17) is 0 Å². The number of aromatic nitrogens is 1. The number of nitrogens with zero attached hydrogens (tertiary/aromatic N) is 1. The van der Waals surface area contributed by atoms with Gasteiger partial charge in [0.1, 0.15) is 0 Å². The molecule has 0 spiro atoms. The molecule has 0 aliphatic rings. The van der Waals surface area contributed by atoms with Crippen LogP contribution in [0.5, 0.6) is 0 Å². The molecule has 0 radical (unpaired) electrons. The zero-order valence-corrected chi connectivity index (χ0v) is 11.6. The first kappa shape index (κ1) is 12.8. The summed E-state index contributed by atoms with van der Waals surface area (Å²) in [6.45, 7) is 7.74. The van der Waals surface area contributed by atoms with Gasteiger partial charge in [-0.25, -0.2) is 0 Å². The van der Waals surface area contributed by atoms with E-state index in [0.717, 1.165) is 13.0 Å². The maximum atomic E-state index is 2.29. The van der Waals surface area contributed by atoms with E-state index in [9.17, 15) is 0 Å². The van der Waals surface area contributed by atoms with Gasteiger partial charge in [-0.2, -0.15) is 4.57 Å². The molecule has 2 rings (SSSR count). The lowest BCUT2D eigenvalue weighted by atomic mass is 9.92. The molecular formula is C17H22N+. The normalized spacial score (nSPS) is 12.4. The van der Waals surface area contributed by atoms with Crippen molar-refractivity contribution < 1.29 is 4.57 Å². The van der Waals surface area contributed by atoms with Gasteiger partial charge in [-0.05, 0) is 30.0 Å². The van der Waals surface area contributed by atoms with E-state index < -0.39 is 0 Å². The van der Waals surface area contributed by atoms with Crippen LogP contribution in [0.15, 0.2) is 54.7 Å². The molecule has 0 atom stereocenters. The summed E-state index contributed by atoms with van der Waals surface area (Å²) in [5, 5.41) is 1.30. The fraction of sp³-hybridized carbons (Fsp3) is 0.353. The summed E-state index contributed by atoms with van der Waals surface area (Å²) in [7, 11) is 0. The van der Waals surface area contributed by atoms with Crippen molar-refractivity contribution >= 4 is 10.9 Å². The molecule has 18 heavy (non-hydrogen) atoms. The quantitative estimate of drug-likeness (QED) is 0.561. The van der Waals surface area contributed by atoms with E-state index >= 15 is 0 Å². The number of pyridine rings is 1. The summed E-state index contributed by atoms with van der Waals surface area (Å²) in [4.78, 5) is 0. The van der Waals surface area contributed by atoms with Crippen LogP contribution in [0.1, 0.15) is 27.2 Å². The topological polar surface area (TPSA) is 3.88 Å². The number of hydrogen-bond donors (Lipinski definition) is 0. The Morgan fingerprint density at radius 2 is 1.72 bits per heavy atom. The van der Waals surface area contributed by atoms with Crippen LogP contribution in [0.3, 0.4) is 0 Å². The molecule has 0 aliphatic carbocycles. The van der Waals surface area contributed by atoms with Crippen LogP contribution in [-0.4, -0.2) is 0 Å². The lowest BCUT2D eigenvalue weighted by Gasteiger charge is -2.14. The third kappa shape index (κ3) is 3.43. The molecule has 0 unspecified atom stereocenters. The van der Waals surface area contributed by atoms with Crippen LogP contribution in [0.25, 0.3) is 10.9 Å². The van der Waals surface area contributed by atoms with Crippen molar-refractivity contribution in [3.63, 3.8) is 0 Å². The highest BCUT2D eigenvalue weighted by Gasteiger charge is 2.07. The summed E-state index contributed by atoms with van der Waals surface area (Å²) >= 11 is 0. The molecule has 1 aromatic heterocycles. The van der Waals surface area contributed by atoms with Gasteiger partial charge in [0, 0.05) is 17.5 Å². The Balaban J connectivity index is 2.13. The Labute approximate surface area is 110 Å². The fourth-order valence-electron chi connectivity index (χ4n) is 2.01. The molecule has 0 saturated carbocycles. The molecule has 2 aromatic rings. The molecule has 1 heteroatoms. The molecule has 1 aromatic carbocycles. The van der Waals surface area contributed by atoms with Gasteiger partial charge in [-0.3, -0.25) is 0 Å². The van der Waals surface area contributed by atoms with E-state index in [0.29, 0.717) is 5.41 Å². The smallest absolute Gasteiger partial charge is 0.195 e. The Hall–Kier alpha value is -1.63. The second-order valence-corrected chi connectivity index (χ2v) is 5.96. The molecule has 94 valence electrons. The van der Waals surface area contributed by atoms with Gasteiger partial charge in [-0.1, -0.05) is 39.0 Å². The predicted molar refractivity (Wildman–Crippen MR) is 77.4 cm³/mol. The Morgan fingerprint density at radius 3 is 2.50 bits per heavy atom.